The summed E-state index contributed by atoms with van der Waals surface area (Å²) in [7, 11) is 0. The van der Waals surface area contributed by atoms with E-state index in [9.17, 15) is 0 Å². The largest absolute Gasteiger partial charge is 0.377 e. The molecule has 0 aliphatic carbocycles. The zero-order valence-electron chi connectivity index (χ0n) is 12.6. The van der Waals surface area contributed by atoms with Crippen LogP contribution >= 0.6 is 0 Å². The van der Waals surface area contributed by atoms with Gasteiger partial charge in [0.05, 0.1) is 12.7 Å². The summed E-state index contributed by atoms with van der Waals surface area (Å²) in [6.07, 6.45) is 3.45. The van der Waals surface area contributed by atoms with Crippen LogP contribution in [-0.2, 0) is 20.8 Å². The van der Waals surface area contributed by atoms with E-state index >= 15 is 0 Å². The van der Waals surface area contributed by atoms with Crippen molar-refractivity contribution in [2.75, 3.05) is 13.2 Å². The third-order valence-electron chi connectivity index (χ3n) is 3.77. The van der Waals surface area contributed by atoms with Gasteiger partial charge < -0.3 is 14.2 Å². The van der Waals surface area contributed by atoms with Crippen molar-refractivity contribution >= 4 is 0 Å². The Morgan fingerprint density at radius 3 is 2.80 bits per heavy atom. The third kappa shape index (κ3) is 4.89. The van der Waals surface area contributed by atoms with Gasteiger partial charge in [0.15, 0.2) is 6.29 Å². The predicted molar refractivity (Wildman–Crippen MR) is 79.4 cm³/mol. The molecule has 0 spiro atoms. The summed E-state index contributed by atoms with van der Waals surface area (Å²) in [6.45, 7) is 6.47. The van der Waals surface area contributed by atoms with E-state index in [-0.39, 0.29) is 6.29 Å². The van der Waals surface area contributed by atoms with Crippen molar-refractivity contribution < 1.29 is 14.2 Å². The van der Waals surface area contributed by atoms with Gasteiger partial charge in [-0.3, -0.25) is 0 Å². The zero-order valence-corrected chi connectivity index (χ0v) is 12.6. The Hall–Kier alpha value is -0.900. The van der Waals surface area contributed by atoms with Crippen LogP contribution in [0.25, 0.3) is 0 Å². The summed E-state index contributed by atoms with van der Waals surface area (Å²) in [5.74, 6) is 0.584. The van der Waals surface area contributed by atoms with Gasteiger partial charge in [0.25, 0.3) is 0 Å². The average Bonchev–Trinajstić information content (AvgIpc) is 2.80. The molecule has 1 heterocycles. The van der Waals surface area contributed by atoms with Gasteiger partial charge >= 0.3 is 0 Å². The van der Waals surface area contributed by atoms with Crippen molar-refractivity contribution in [1.29, 1.82) is 0 Å². The van der Waals surface area contributed by atoms with Gasteiger partial charge in [-0.2, -0.15) is 0 Å². The fourth-order valence-corrected chi connectivity index (χ4v) is 2.64. The lowest BCUT2D eigenvalue weighted by molar-refractivity contribution is -0.132. The Balaban J connectivity index is 1.57. The molecule has 3 heteroatoms. The molecule has 1 saturated heterocycles. The van der Waals surface area contributed by atoms with Crippen LogP contribution in [0, 0.1) is 5.92 Å². The topological polar surface area (TPSA) is 27.7 Å². The molecule has 1 aromatic carbocycles. The molecular formula is C17H26O3. The second-order valence-electron chi connectivity index (χ2n) is 5.45. The number of benzene rings is 1. The highest BCUT2D eigenvalue weighted by Crippen LogP contribution is 2.29. The van der Waals surface area contributed by atoms with Crippen molar-refractivity contribution in [3.05, 3.63) is 35.9 Å². The van der Waals surface area contributed by atoms with Crippen molar-refractivity contribution in [2.24, 2.45) is 5.92 Å². The Morgan fingerprint density at radius 1 is 1.25 bits per heavy atom. The van der Waals surface area contributed by atoms with Gasteiger partial charge in [0.2, 0.25) is 0 Å². The van der Waals surface area contributed by atoms with E-state index in [4.69, 9.17) is 14.2 Å². The minimum Gasteiger partial charge on any atom is -0.377 e. The average molecular weight is 278 g/mol. The Labute approximate surface area is 122 Å². The number of hydrogen-bond acceptors (Lipinski definition) is 3. The van der Waals surface area contributed by atoms with E-state index in [0.717, 1.165) is 32.5 Å². The van der Waals surface area contributed by atoms with Crippen LogP contribution < -0.4 is 0 Å². The summed E-state index contributed by atoms with van der Waals surface area (Å²) in [5, 5.41) is 0. The first-order valence-corrected chi connectivity index (χ1v) is 7.68. The lowest BCUT2D eigenvalue weighted by Crippen LogP contribution is -2.16. The minimum atomic E-state index is 0.00485. The fourth-order valence-electron chi connectivity index (χ4n) is 2.64. The zero-order chi connectivity index (χ0) is 14.2. The van der Waals surface area contributed by atoms with E-state index in [0.29, 0.717) is 18.6 Å². The molecule has 112 valence electrons. The molecule has 20 heavy (non-hydrogen) atoms. The van der Waals surface area contributed by atoms with E-state index in [1.54, 1.807) is 0 Å². The van der Waals surface area contributed by atoms with Crippen molar-refractivity contribution in [1.82, 2.24) is 0 Å². The normalized spacial score (nSPS) is 26.0. The second-order valence-corrected chi connectivity index (χ2v) is 5.45. The SMILES string of the molecule is CCOC1C[C@@H](C)[C@H](CCCOCc2ccccc2)O1. The lowest BCUT2D eigenvalue weighted by atomic mass is 10.00. The maximum Gasteiger partial charge on any atom is 0.158 e. The number of hydrogen-bond donors (Lipinski definition) is 0. The smallest absolute Gasteiger partial charge is 0.158 e. The highest BCUT2D eigenvalue weighted by Gasteiger charge is 2.31. The first-order chi connectivity index (χ1) is 9.79. The molecule has 1 aromatic rings. The Bertz CT molecular complexity index is 366. The molecule has 0 saturated carbocycles. The Kier molecular flexibility index (Phi) is 6.51. The van der Waals surface area contributed by atoms with Gasteiger partial charge in [0, 0.05) is 19.6 Å². The molecule has 1 aliphatic rings. The van der Waals surface area contributed by atoms with Crippen LogP contribution in [0.5, 0.6) is 0 Å². The Morgan fingerprint density at radius 2 is 2.05 bits per heavy atom. The molecule has 1 unspecified atom stereocenters. The van der Waals surface area contributed by atoms with E-state index in [1.165, 1.54) is 5.56 Å². The molecule has 0 amide bonds. The van der Waals surface area contributed by atoms with Gasteiger partial charge in [-0.25, -0.2) is 0 Å². The standard InChI is InChI=1S/C17H26O3/c1-3-19-17-12-14(2)16(20-17)10-7-11-18-13-15-8-5-4-6-9-15/h4-6,8-9,14,16-17H,3,7,10-13H2,1-2H3/t14-,16+,17?/m1/s1. The van der Waals surface area contributed by atoms with Crippen molar-refractivity contribution in [2.45, 2.75) is 52.1 Å². The maximum atomic E-state index is 5.90. The van der Waals surface area contributed by atoms with E-state index < -0.39 is 0 Å². The van der Waals surface area contributed by atoms with Crippen LogP contribution in [0.4, 0.5) is 0 Å². The van der Waals surface area contributed by atoms with Gasteiger partial charge in [-0.15, -0.1) is 0 Å². The third-order valence-corrected chi connectivity index (χ3v) is 3.77. The molecule has 0 bridgehead atoms. The number of ether oxygens (including phenoxy) is 3. The van der Waals surface area contributed by atoms with Gasteiger partial charge in [0.1, 0.15) is 0 Å². The van der Waals surface area contributed by atoms with Crippen molar-refractivity contribution in [3.8, 4) is 0 Å². The van der Waals surface area contributed by atoms with Crippen LogP contribution in [0.2, 0.25) is 0 Å². The molecule has 2 rings (SSSR count). The molecule has 3 nitrogen and oxygen atoms in total. The molecular weight excluding hydrogens is 252 g/mol. The van der Waals surface area contributed by atoms with E-state index in [2.05, 4.69) is 19.1 Å². The molecule has 1 aliphatic heterocycles. The number of rotatable bonds is 8. The molecule has 1 fully saturated rings. The van der Waals surface area contributed by atoms with Gasteiger partial charge in [-0.05, 0) is 31.2 Å². The highest BCUT2D eigenvalue weighted by atomic mass is 16.7. The summed E-state index contributed by atoms with van der Waals surface area (Å²) in [5.41, 5.74) is 1.23. The quantitative estimate of drug-likeness (QED) is 0.677. The lowest BCUT2D eigenvalue weighted by Gasteiger charge is -2.15. The second kappa shape index (κ2) is 8.40. The fraction of sp³-hybridized carbons (Fsp3) is 0.647. The summed E-state index contributed by atoms with van der Waals surface area (Å²) >= 11 is 0. The first-order valence-electron chi connectivity index (χ1n) is 7.68. The first kappa shape index (κ1) is 15.5. The van der Waals surface area contributed by atoms with Crippen LogP contribution in [0.1, 0.15) is 38.7 Å². The molecule has 0 aromatic heterocycles. The van der Waals surface area contributed by atoms with E-state index in [1.807, 2.05) is 25.1 Å². The molecule has 0 N–H and O–H groups in total. The minimum absolute atomic E-state index is 0.00485. The van der Waals surface area contributed by atoms with Crippen LogP contribution in [0.15, 0.2) is 30.3 Å². The molecule has 0 radical (unpaired) electrons. The summed E-state index contributed by atoms with van der Waals surface area (Å²) in [4.78, 5) is 0. The highest BCUT2D eigenvalue weighted by molar-refractivity contribution is 5.13. The van der Waals surface area contributed by atoms with Crippen molar-refractivity contribution in [3.63, 3.8) is 0 Å². The van der Waals surface area contributed by atoms with Gasteiger partial charge in [-0.1, -0.05) is 37.3 Å². The predicted octanol–water partition coefficient (Wildman–Crippen LogP) is 3.77. The summed E-state index contributed by atoms with van der Waals surface area (Å²) < 4.78 is 17.1. The van der Waals surface area contributed by atoms with Crippen LogP contribution in [0.3, 0.4) is 0 Å². The molecule has 3 atom stereocenters. The van der Waals surface area contributed by atoms with Crippen LogP contribution in [-0.4, -0.2) is 25.6 Å². The monoisotopic (exact) mass is 278 g/mol. The summed E-state index contributed by atoms with van der Waals surface area (Å²) in [6, 6.07) is 10.3. The maximum absolute atomic E-state index is 5.90.